The van der Waals surface area contributed by atoms with Crippen molar-refractivity contribution >= 4 is 10.9 Å². The summed E-state index contributed by atoms with van der Waals surface area (Å²) < 4.78 is 7.11. The van der Waals surface area contributed by atoms with E-state index >= 15 is 0 Å². The van der Waals surface area contributed by atoms with E-state index in [2.05, 4.69) is 12.0 Å². The lowest BCUT2D eigenvalue weighted by Gasteiger charge is -2.03. The van der Waals surface area contributed by atoms with Crippen LogP contribution in [0.1, 0.15) is 5.56 Å². The number of aromatic nitrogens is 2. The van der Waals surface area contributed by atoms with Crippen LogP contribution in [0.5, 0.6) is 5.75 Å². The van der Waals surface area contributed by atoms with Gasteiger partial charge in [-0.3, -0.25) is 4.68 Å². The number of hydrogen-bond acceptors (Lipinski definition) is 2. The van der Waals surface area contributed by atoms with Gasteiger partial charge >= 0.3 is 0 Å². The zero-order chi connectivity index (χ0) is 9.42. The summed E-state index contributed by atoms with van der Waals surface area (Å²) in [5.41, 5.74) is 2.36. The van der Waals surface area contributed by atoms with Crippen molar-refractivity contribution in [3.05, 3.63) is 23.9 Å². The van der Waals surface area contributed by atoms with E-state index in [0.29, 0.717) is 0 Å². The fourth-order valence-corrected chi connectivity index (χ4v) is 1.63. The first-order valence-electron chi connectivity index (χ1n) is 4.19. The molecule has 13 heavy (non-hydrogen) atoms. The molecule has 0 N–H and O–H groups in total. The molecule has 0 unspecified atom stereocenters. The molecule has 2 aromatic rings. The molecule has 0 bridgehead atoms. The maximum absolute atomic E-state index is 5.24. The summed E-state index contributed by atoms with van der Waals surface area (Å²) in [7, 11) is 3.62. The Morgan fingerprint density at radius 2 is 2.15 bits per heavy atom. The summed E-state index contributed by atoms with van der Waals surface area (Å²) in [6.45, 7) is 2.07. The summed E-state index contributed by atoms with van der Waals surface area (Å²) in [5, 5.41) is 5.28. The van der Waals surface area contributed by atoms with Gasteiger partial charge in [-0.25, -0.2) is 0 Å². The Balaban J connectivity index is 2.87. The van der Waals surface area contributed by atoms with Crippen LogP contribution >= 0.6 is 0 Å². The molecule has 3 heteroatoms. The maximum atomic E-state index is 5.24. The second-order valence-electron chi connectivity index (χ2n) is 3.12. The van der Waals surface area contributed by atoms with E-state index in [4.69, 9.17) is 4.74 Å². The molecule has 0 saturated heterocycles. The van der Waals surface area contributed by atoms with Crippen molar-refractivity contribution in [2.24, 2.45) is 7.05 Å². The molecule has 0 saturated carbocycles. The minimum absolute atomic E-state index is 0.883. The lowest BCUT2D eigenvalue weighted by Crippen LogP contribution is -1.92. The van der Waals surface area contributed by atoms with Crippen molar-refractivity contribution in [3.63, 3.8) is 0 Å². The fraction of sp³-hybridized carbons (Fsp3) is 0.300. The standard InChI is InChI=1S/C10H12N2O/c1-7-4-5-9(13-3)8-6-11-12(2)10(7)8/h4-6H,1-3H3. The van der Waals surface area contributed by atoms with E-state index < -0.39 is 0 Å². The first-order chi connectivity index (χ1) is 6.24. The highest BCUT2D eigenvalue weighted by Gasteiger charge is 2.07. The van der Waals surface area contributed by atoms with Crippen LogP contribution in [-0.4, -0.2) is 16.9 Å². The summed E-state index contributed by atoms with van der Waals surface area (Å²) in [6, 6.07) is 4.02. The maximum Gasteiger partial charge on any atom is 0.129 e. The van der Waals surface area contributed by atoms with Crippen LogP contribution in [0.3, 0.4) is 0 Å². The molecule has 1 heterocycles. The monoisotopic (exact) mass is 176 g/mol. The van der Waals surface area contributed by atoms with Crippen molar-refractivity contribution < 1.29 is 4.74 Å². The molecule has 2 rings (SSSR count). The minimum atomic E-state index is 0.883. The van der Waals surface area contributed by atoms with E-state index in [-0.39, 0.29) is 0 Å². The average molecular weight is 176 g/mol. The van der Waals surface area contributed by atoms with Crippen LogP contribution in [-0.2, 0) is 7.05 Å². The van der Waals surface area contributed by atoms with Crippen molar-refractivity contribution in [2.75, 3.05) is 7.11 Å². The van der Waals surface area contributed by atoms with Gasteiger partial charge < -0.3 is 4.74 Å². The van der Waals surface area contributed by atoms with Crippen molar-refractivity contribution in [1.82, 2.24) is 9.78 Å². The first-order valence-corrected chi connectivity index (χ1v) is 4.19. The third kappa shape index (κ3) is 1.08. The predicted octanol–water partition coefficient (Wildman–Crippen LogP) is 1.89. The normalized spacial score (nSPS) is 10.7. The molecular formula is C10H12N2O. The first kappa shape index (κ1) is 8.10. The zero-order valence-corrected chi connectivity index (χ0v) is 8.03. The molecular weight excluding hydrogens is 164 g/mol. The van der Waals surface area contributed by atoms with Gasteiger partial charge in [0.05, 0.1) is 24.2 Å². The van der Waals surface area contributed by atoms with E-state index in [1.807, 2.05) is 30.1 Å². The lowest BCUT2D eigenvalue weighted by atomic mass is 10.1. The van der Waals surface area contributed by atoms with Crippen LogP contribution in [0, 0.1) is 6.92 Å². The highest BCUT2D eigenvalue weighted by molar-refractivity contribution is 5.87. The minimum Gasteiger partial charge on any atom is -0.496 e. The smallest absolute Gasteiger partial charge is 0.129 e. The number of rotatable bonds is 1. The van der Waals surface area contributed by atoms with Crippen molar-refractivity contribution in [1.29, 1.82) is 0 Å². The van der Waals surface area contributed by atoms with Gasteiger partial charge in [0.2, 0.25) is 0 Å². The third-order valence-corrected chi connectivity index (χ3v) is 2.28. The number of hydrogen-bond donors (Lipinski definition) is 0. The van der Waals surface area contributed by atoms with Gasteiger partial charge in [0.15, 0.2) is 0 Å². The van der Waals surface area contributed by atoms with E-state index in [1.165, 1.54) is 5.56 Å². The molecule has 0 radical (unpaired) electrons. The number of benzene rings is 1. The largest absolute Gasteiger partial charge is 0.496 e. The number of methoxy groups -OCH3 is 1. The molecule has 1 aromatic carbocycles. The van der Waals surface area contributed by atoms with Gasteiger partial charge in [0.25, 0.3) is 0 Å². The molecule has 0 spiro atoms. The Bertz CT molecular complexity index is 445. The SMILES string of the molecule is COc1ccc(C)c2c1cnn2C. The molecule has 68 valence electrons. The highest BCUT2D eigenvalue weighted by atomic mass is 16.5. The third-order valence-electron chi connectivity index (χ3n) is 2.28. The van der Waals surface area contributed by atoms with Gasteiger partial charge in [0.1, 0.15) is 5.75 Å². The molecule has 0 aliphatic heterocycles. The fourth-order valence-electron chi connectivity index (χ4n) is 1.63. The Morgan fingerprint density at radius 3 is 2.85 bits per heavy atom. The van der Waals surface area contributed by atoms with Crippen LogP contribution in [0.2, 0.25) is 0 Å². The number of ether oxygens (including phenoxy) is 1. The number of aryl methyl sites for hydroxylation is 2. The molecule has 0 atom stereocenters. The number of fused-ring (bicyclic) bond motifs is 1. The number of nitrogens with zero attached hydrogens (tertiary/aromatic N) is 2. The van der Waals surface area contributed by atoms with Crippen LogP contribution in [0.15, 0.2) is 18.3 Å². The van der Waals surface area contributed by atoms with Crippen LogP contribution < -0.4 is 4.74 Å². The Kier molecular flexibility index (Phi) is 1.72. The van der Waals surface area contributed by atoms with E-state index in [0.717, 1.165) is 16.7 Å². The summed E-state index contributed by atoms with van der Waals surface area (Å²) in [4.78, 5) is 0. The molecule has 0 fully saturated rings. The van der Waals surface area contributed by atoms with Crippen LogP contribution in [0.4, 0.5) is 0 Å². The van der Waals surface area contributed by atoms with Gasteiger partial charge in [-0.1, -0.05) is 6.07 Å². The summed E-state index contributed by atoms with van der Waals surface area (Å²) >= 11 is 0. The lowest BCUT2D eigenvalue weighted by molar-refractivity contribution is 0.420. The Labute approximate surface area is 76.9 Å². The topological polar surface area (TPSA) is 27.1 Å². The van der Waals surface area contributed by atoms with Gasteiger partial charge in [-0.2, -0.15) is 5.10 Å². The average Bonchev–Trinajstić information content (AvgIpc) is 2.50. The second kappa shape index (κ2) is 2.76. The molecule has 0 aliphatic rings. The van der Waals surface area contributed by atoms with Crippen molar-refractivity contribution in [2.45, 2.75) is 6.92 Å². The zero-order valence-electron chi connectivity index (χ0n) is 8.03. The van der Waals surface area contributed by atoms with Gasteiger partial charge in [0, 0.05) is 7.05 Å². The van der Waals surface area contributed by atoms with Gasteiger partial charge in [-0.15, -0.1) is 0 Å². The quantitative estimate of drug-likeness (QED) is 0.663. The highest BCUT2D eigenvalue weighted by Crippen LogP contribution is 2.27. The van der Waals surface area contributed by atoms with Gasteiger partial charge in [-0.05, 0) is 18.6 Å². The summed E-state index contributed by atoms with van der Waals surface area (Å²) in [5.74, 6) is 0.883. The second-order valence-corrected chi connectivity index (χ2v) is 3.12. The molecule has 1 aromatic heterocycles. The van der Waals surface area contributed by atoms with Crippen molar-refractivity contribution in [3.8, 4) is 5.75 Å². The summed E-state index contributed by atoms with van der Waals surface area (Å²) in [6.07, 6.45) is 1.83. The molecule has 3 nitrogen and oxygen atoms in total. The Morgan fingerprint density at radius 1 is 1.38 bits per heavy atom. The van der Waals surface area contributed by atoms with E-state index in [1.54, 1.807) is 7.11 Å². The van der Waals surface area contributed by atoms with Crippen LogP contribution in [0.25, 0.3) is 10.9 Å². The van der Waals surface area contributed by atoms with E-state index in [9.17, 15) is 0 Å². The Hall–Kier alpha value is -1.51. The molecule has 0 aliphatic carbocycles. The predicted molar refractivity (Wildman–Crippen MR) is 52.0 cm³/mol. The molecule has 0 amide bonds.